The van der Waals surface area contributed by atoms with Gasteiger partial charge in [0.25, 0.3) is 0 Å². The number of hydrogen-bond acceptors (Lipinski definition) is 5. The molecule has 1 spiro atoms. The van der Waals surface area contributed by atoms with Gasteiger partial charge in [0.15, 0.2) is 0 Å². The molecule has 2 aliphatic carbocycles. The summed E-state index contributed by atoms with van der Waals surface area (Å²) in [5.74, 6) is 1.59. The van der Waals surface area contributed by atoms with Gasteiger partial charge in [-0.2, -0.15) is 0 Å². The Morgan fingerprint density at radius 1 is 0.967 bits per heavy atom. The number of morpholine rings is 1. The van der Waals surface area contributed by atoms with E-state index in [1.165, 1.54) is 51.4 Å². The molecule has 5 nitrogen and oxygen atoms in total. The third kappa shape index (κ3) is 4.32. The quantitative estimate of drug-likeness (QED) is 0.643. The summed E-state index contributed by atoms with van der Waals surface area (Å²) in [4.78, 5) is 2.59. The SMILES string of the molecule is CC1C[C@@]2(COC(F)CN2)C2COC3CCC(CC3)C3CCCCC3OCCCN12. The Morgan fingerprint density at radius 2 is 1.80 bits per heavy atom. The maximum atomic E-state index is 13.7. The van der Waals surface area contributed by atoms with Gasteiger partial charge in [0.05, 0.1) is 43.5 Å². The van der Waals surface area contributed by atoms with E-state index >= 15 is 0 Å². The summed E-state index contributed by atoms with van der Waals surface area (Å²) in [6.07, 6.45) is 12.0. The van der Waals surface area contributed by atoms with Crippen molar-refractivity contribution in [3.63, 3.8) is 0 Å². The lowest BCUT2D eigenvalue weighted by atomic mass is 9.71. The van der Waals surface area contributed by atoms with Gasteiger partial charge in [0.2, 0.25) is 6.36 Å². The normalized spacial score (nSPS) is 48.8. The molecule has 5 unspecified atom stereocenters. The summed E-state index contributed by atoms with van der Waals surface area (Å²) < 4.78 is 32.3. The molecule has 0 aromatic rings. The minimum Gasteiger partial charge on any atom is -0.378 e. The number of ether oxygens (including phenoxy) is 3. The molecule has 30 heavy (non-hydrogen) atoms. The van der Waals surface area contributed by atoms with Crippen molar-refractivity contribution in [3.05, 3.63) is 0 Å². The molecule has 6 fully saturated rings. The minimum atomic E-state index is -1.19. The molecule has 6 atom stereocenters. The summed E-state index contributed by atoms with van der Waals surface area (Å²) in [5.41, 5.74) is -0.189. The van der Waals surface area contributed by atoms with Crippen LogP contribution >= 0.6 is 0 Å². The van der Waals surface area contributed by atoms with Gasteiger partial charge in [-0.25, -0.2) is 4.39 Å². The molecular formula is C24H41FN2O3. The van der Waals surface area contributed by atoms with Crippen molar-refractivity contribution in [3.8, 4) is 0 Å². The highest BCUT2D eigenvalue weighted by Gasteiger charge is 2.53. The molecular weight excluding hydrogens is 383 g/mol. The Kier molecular flexibility index (Phi) is 6.69. The van der Waals surface area contributed by atoms with E-state index in [0.717, 1.165) is 44.4 Å². The summed E-state index contributed by atoms with van der Waals surface area (Å²) >= 11 is 0. The van der Waals surface area contributed by atoms with Crippen LogP contribution in [0.4, 0.5) is 4.39 Å². The lowest BCUT2D eigenvalue weighted by molar-refractivity contribution is -0.118. The number of nitrogens with one attached hydrogen (secondary N) is 1. The third-order valence-corrected chi connectivity index (χ3v) is 8.86. The molecule has 0 aromatic heterocycles. The van der Waals surface area contributed by atoms with Crippen molar-refractivity contribution in [2.45, 2.75) is 107 Å². The molecule has 1 N–H and O–H groups in total. The van der Waals surface area contributed by atoms with Crippen LogP contribution < -0.4 is 5.32 Å². The second-order valence-corrected chi connectivity index (χ2v) is 10.6. The number of halogens is 1. The Balaban J connectivity index is 1.32. The first-order valence-electron chi connectivity index (χ1n) is 12.6. The third-order valence-electron chi connectivity index (χ3n) is 8.86. The summed E-state index contributed by atoms with van der Waals surface area (Å²) in [5, 5.41) is 3.54. The van der Waals surface area contributed by atoms with Crippen LogP contribution in [0.25, 0.3) is 0 Å². The lowest BCUT2D eigenvalue weighted by Crippen LogP contribution is -2.64. The highest BCUT2D eigenvalue weighted by atomic mass is 19.1. The van der Waals surface area contributed by atoms with Crippen LogP contribution in [0.1, 0.15) is 71.1 Å². The van der Waals surface area contributed by atoms with E-state index in [9.17, 15) is 4.39 Å². The lowest BCUT2D eigenvalue weighted by Gasteiger charge is -2.44. The first-order chi connectivity index (χ1) is 14.6. The van der Waals surface area contributed by atoms with E-state index in [1.807, 2.05) is 0 Å². The maximum absolute atomic E-state index is 13.7. The van der Waals surface area contributed by atoms with E-state index in [1.54, 1.807) is 0 Å². The molecule has 0 amide bonds. The van der Waals surface area contributed by atoms with Gasteiger partial charge in [-0.3, -0.25) is 4.90 Å². The van der Waals surface area contributed by atoms with Gasteiger partial charge in [-0.1, -0.05) is 12.8 Å². The monoisotopic (exact) mass is 424 g/mol. The number of alkyl halides is 1. The average Bonchev–Trinajstić information content (AvgIpc) is 3.03. The Hall–Kier alpha value is -0.270. The van der Waals surface area contributed by atoms with E-state index in [-0.39, 0.29) is 18.1 Å². The predicted octanol–water partition coefficient (Wildman–Crippen LogP) is 3.66. The zero-order valence-electron chi connectivity index (χ0n) is 18.7. The Morgan fingerprint density at radius 3 is 2.60 bits per heavy atom. The first kappa shape index (κ1) is 21.6. The Bertz CT molecular complexity index is 563. The van der Waals surface area contributed by atoms with Crippen LogP contribution in [-0.2, 0) is 14.2 Å². The van der Waals surface area contributed by atoms with E-state index in [2.05, 4.69) is 17.1 Å². The van der Waals surface area contributed by atoms with Crippen LogP contribution in [0.5, 0.6) is 0 Å². The van der Waals surface area contributed by atoms with Crippen molar-refractivity contribution in [2.24, 2.45) is 11.8 Å². The summed E-state index contributed by atoms with van der Waals surface area (Å²) in [6.45, 7) is 5.63. The molecule has 0 radical (unpaired) electrons. The maximum Gasteiger partial charge on any atom is 0.211 e. The van der Waals surface area contributed by atoms with Crippen molar-refractivity contribution >= 4 is 0 Å². The van der Waals surface area contributed by atoms with Crippen molar-refractivity contribution in [1.29, 1.82) is 0 Å². The van der Waals surface area contributed by atoms with Crippen molar-refractivity contribution in [1.82, 2.24) is 10.2 Å². The fourth-order valence-electron chi connectivity index (χ4n) is 7.28. The smallest absolute Gasteiger partial charge is 0.211 e. The summed E-state index contributed by atoms with van der Waals surface area (Å²) in [7, 11) is 0. The van der Waals surface area contributed by atoms with Crippen molar-refractivity contribution in [2.75, 3.05) is 32.9 Å². The number of nitrogens with zero attached hydrogens (tertiary/aromatic N) is 1. The van der Waals surface area contributed by atoms with Gasteiger partial charge in [-0.15, -0.1) is 0 Å². The number of rotatable bonds is 0. The number of fused-ring (bicyclic) bond motifs is 6. The van der Waals surface area contributed by atoms with Crippen molar-refractivity contribution < 1.29 is 18.6 Å². The average molecular weight is 425 g/mol. The van der Waals surface area contributed by atoms with E-state index < -0.39 is 6.36 Å². The molecule has 6 heteroatoms. The second kappa shape index (κ2) is 9.30. The van der Waals surface area contributed by atoms with Gasteiger partial charge in [0.1, 0.15) is 0 Å². The van der Waals surface area contributed by atoms with Gasteiger partial charge in [0, 0.05) is 19.2 Å². The molecule has 6 aliphatic rings. The molecule has 4 aliphatic heterocycles. The predicted molar refractivity (Wildman–Crippen MR) is 114 cm³/mol. The fourth-order valence-corrected chi connectivity index (χ4v) is 7.28. The molecule has 172 valence electrons. The van der Waals surface area contributed by atoms with Crippen LogP contribution in [0, 0.1) is 11.8 Å². The van der Waals surface area contributed by atoms with Crippen LogP contribution in [0.2, 0.25) is 0 Å². The molecule has 2 bridgehead atoms. The highest BCUT2D eigenvalue weighted by Crippen LogP contribution is 2.42. The molecule has 2 saturated carbocycles. The zero-order valence-corrected chi connectivity index (χ0v) is 18.7. The molecule has 4 heterocycles. The topological polar surface area (TPSA) is 43.0 Å². The zero-order chi connectivity index (χ0) is 20.6. The molecule has 6 rings (SSSR count). The van der Waals surface area contributed by atoms with Crippen LogP contribution in [0.15, 0.2) is 0 Å². The largest absolute Gasteiger partial charge is 0.378 e. The standard InChI is InChI=1S/C24H41FN2O3/c1-17-13-24(16-30-23(25)14-26-24)22-15-29-19-9-7-18(8-10-19)20-5-2-3-6-21(20)28-12-4-11-27(17)22/h17-23,26H,2-16H2,1H3/t17?,18?,19?,20?,21?,22?,23?,24-/m1/s1. The van der Waals surface area contributed by atoms with E-state index in [0.29, 0.717) is 24.9 Å². The highest BCUT2D eigenvalue weighted by molar-refractivity contribution is 5.10. The van der Waals surface area contributed by atoms with Gasteiger partial charge < -0.3 is 19.5 Å². The van der Waals surface area contributed by atoms with E-state index in [4.69, 9.17) is 14.2 Å². The minimum absolute atomic E-state index is 0.189. The fraction of sp³-hybridized carbons (Fsp3) is 1.00. The van der Waals surface area contributed by atoms with Gasteiger partial charge >= 0.3 is 0 Å². The molecule has 4 saturated heterocycles. The Labute approximate surface area is 181 Å². The van der Waals surface area contributed by atoms with Gasteiger partial charge in [-0.05, 0) is 70.1 Å². The van der Waals surface area contributed by atoms with Crippen LogP contribution in [0.3, 0.4) is 0 Å². The summed E-state index contributed by atoms with van der Waals surface area (Å²) in [6, 6.07) is 0.681. The van der Waals surface area contributed by atoms with Crippen LogP contribution in [-0.4, -0.2) is 74.0 Å². The first-order valence-corrected chi connectivity index (χ1v) is 12.6. The number of hydrogen-bond donors (Lipinski definition) is 1. The second-order valence-electron chi connectivity index (χ2n) is 10.6. The molecule has 0 aromatic carbocycles.